The van der Waals surface area contributed by atoms with Gasteiger partial charge in [0.1, 0.15) is 4.88 Å². The number of thiazole rings is 1. The van der Waals surface area contributed by atoms with Crippen LogP contribution in [-0.2, 0) is 0 Å². The summed E-state index contributed by atoms with van der Waals surface area (Å²) in [4.78, 5) is 19.4. The number of ether oxygens (including phenoxy) is 2. The first-order valence-electron chi connectivity index (χ1n) is 7.79. The van der Waals surface area contributed by atoms with Crippen LogP contribution in [-0.4, -0.2) is 42.0 Å². The highest BCUT2D eigenvalue weighted by atomic mass is 32.1. The van der Waals surface area contributed by atoms with Crippen molar-refractivity contribution in [1.82, 2.24) is 4.98 Å². The van der Waals surface area contributed by atoms with Crippen LogP contribution in [0.25, 0.3) is 0 Å². The van der Waals surface area contributed by atoms with E-state index in [0.29, 0.717) is 22.1 Å². The largest absolute Gasteiger partial charge is 0.454 e. The number of amides is 1. The van der Waals surface area contributed by atoms with Crippen molar-refractivity contribution in [1.29, 1.82) is 0 Å². The van der Waals surface area contributed by atoms with Gasteiger partial charge in [-0.15, -0.1) is 0 Å². The maximum Gasteiger partial charge on any atom is 0.267 e. The summed E-state index contributed by atoms with van der Waals surface area (Å²) in [5.41, 5.74) is 0.647. The van der Waals surface area contributed by atoms with Gasteiger partial charge in [0.15, 0.2) is 16.6 Å². The van der Waals surface area contributed by atoms with Gasteiger partial charge in [0.05, 0.1) is 18.8 Å². The van der Waals surface area contributed by atoms with Gasteiger partial charge in [-0.2, -0.15) is 0 Å². The first-order chi connectivity index (χ1) is 11.7. The molecule has 1 amide bonds. The number of aliphatic hydroxyl groups excluding tert-OH is 1. The highest BCUT2D eigenvalue weighted by molar-refractivity contribution is 7.17. The molecule has 3 heterocycles. The van der Waals surface area contributed by atoms with Crippen LogP contribution in [0.5, 0.6) is 11.5 Å². The van der Waals surface area contributed by atoms with Gasteiger partial charge in [-0.1, -0.05) is 11.3 Å². The SMILES string of the molecule is O=C(Nc1ccc2c(c1)OCO2)c1cnc(N2CCCC2CO)s1. The van der Waals surface area contributed by atoms with Gasteiger partial charge in [-0.05, 0) is 25.0 Å². The molecule has 24 heavy (non-hydrogen) atoms. The smallest absolute Gasteiger partial charge is 0.267 e. The average molecular weight is 347 g/mol. The first kappa shape index (κ1) is 15.2. The lowest BCUT2D eigenvalue weighted by Crippen LogP contribution is -2.31. The number of anilines is 2. The van der Waals surface area contributed by atoms with Gasteiger partial charge >= 0.3 is 0 Å². The summed E-state index contributed by atoms with van der Waals surface area (Å²) in [6.45, 7) is 1.17. The molecular weight excluding hydrogens is 330 g/mol. The number of nitrogens with one attached hydrogen (secondary N) is 1. The minimum Gasteiger partial charge on any atom is -0.454 e. The number of carbonyl (C=O) groups excluding carboxylic acids is 1. The number of carbonyl (C=O) groups is 1. The zero-order valence-corrected chi connectivity index (χ0v) is 13.7. The molecule has 126 valence electrons. The molecule has 0 radical (unpaired) electrons. The van der Waals surface area contributed by atoms with Crippen molar-refractivity contribution in [3.63, 3.8) is 0 Å². The van der Waals surface area contributed by atoms with E-state index in [2.05, 4.69) is 15.2 Å². The van der Waals surface area contributed by atoms with Crippen LogP contribution in [0.2, 0.25) is 0 Å². The topological polar surface area (TPSA) is 83.9 Å². The Morgan fingerprint density at radius 1 is 1.42 bits per heavy atom. The predicted molar refractivity (Wildman–Crippen MR) is 90.1 cm³/mol. The van der Waals surface area contributed by atoms with E-state index in [1.54, 1.807) is 24.4 Å². The third-order valence-electron chi connectivity index (χ3n) is 4.18. The third-order valence-corrected chi connectivity index (χ3v) is 5.21. The lowest BCUT2D eigenvalue weighted by molar-refractivity contribution is 0.103. The number of fused-ring (bicyclic) bond motifs is 1. The van der Waals surface area contributed by atoms with Gasteiger partial charge in [0.2, 0.25) is 6.79 Å². The van der Waals surface area contributed by atoms with Crippen LogP contribution in [0.4, 0.5) is 10.8 Å². The van der Waals surface area contributed by atoms with Crippen molar-refractivity contribution in [2.75, 3.05) is 30.2 Å². The fourth-order valence-electron chi connectivity index (χ4n) is 2.95. The van der Waals surface area contributed by atoms with E-state index >= 15 is 0 Å². The summed E-state index contributed by atoms with van der Waals surface area (Å²) in [6, 6.07) is 5.38. The Bertz CT molecular complexity index is 764. The summed E-state index contributed by atoms with van der Waals surface area (Å²) in [6.07, 6.45) is 3.56. The lowest BCUT2D eigenvalue weighted by Gasteiger charge is -2.21. The number of hydrogen-bond acceptors (Lipinski definition) is 7. The van der Waals surface area contributed by atoms with Crippen LogP contribution in [0.15, 0.2) is 24.4 Å². The molecule has 2 aliphatic rings. The van der Waals surface area contributed by atoms with E-state index in [1.165, 1.54) is 11.3 Å². The summed E-state index contributed by atoms with van der Waals surface area (Å²) in [5, 5.41) is 13.0. The van der Waals surface area contributed by atoms with Crippen molar-refractivity contribution in [3.05, 3.63) is 29.3 Å². The fourth-order valence-corrected chi connectivity index (χ4v) is 3.86. The highest BCUT2D eigenvalue weighted by Gasteiger charge is 2.27. The van der Waals surface area contributed by atoms with Crippen molar-refractivity contribution in [2.24, 2.45) is 0 Å². The van der Waals surface area contributed by atoms with Crippen LogP contribution < -0.4 is 19.7 Å². The zero-order valence-electron chi connectivity index (χ0n) is 12.9. The van der Waals surface area contributed by atoms with Gasteiger partial charge in [-0.25, -0.2) is 4.98 Å². The Hall–Kier alpha value is -2.32. The van der Waals surface area contributed by atoms with E-state index in [0.717, 1.165) is 24.5 Å². The molecule has 1 unspecified atom stereocenters. The molecule has 8 heteroatoms. The van der Waals surface area contributed by atoms with Crippen LogP contribution in [0.3, 0.4) is 0 Å². The summed E-state index contributed by atoms with van der Waals surface area (Å²) < 4.78 is 10.6. The Morgan fingerprint density at radius 3 is 3.17 bits per heavy atom. The highest BCUT2D eigenvalue weighted by Crippen LogP contribution is 2.35. The van der Waals surface area contributed by atoms with Crippen molar-refractivity contribution in [3.8, 4) is 11.5 Å². The average Bonchev–Trinajstić information content (AvgIpc) is 3.32. The molecular formula is C16H17N3O4S. The lowest BCUT2D eigenvalue weighted by atomic mass is 10.2. The first-order valence-corrected chi connectivity index (χ1v) is 8.60. The number of aliphatic hydroxyl groups is 1. The number of rotatable bonds is 4. The molecule has 7 nitrogen and oxygen atoms in total. The molecule has 1 aromatic heterocycles. The molecule has 1 fully saturated rings. The van der Waals surface area contributed by atoms with E-state index in [1.807, 2.05) is 0 Å². The summed E-state index contributed by atoms with van der Waals surface area (Å²) in [7, 11) is 0. The van der Waals surface area contributed by atoms with Gasteiger partial charge < -0.3 is 24.8 Å². The molecule has 2 aromatic rings. The summed E-state index contributed by atoms with van der Waals surface area (Å²) in [5.74, 6) is 1.09. The number of hydrogen-bond donors (Lipinski definition) is 2. The molecule has 0 aliphatic carbocycles. The fraction of sp³-hybridized carbons (Fsp3) is 0.375. The second kappa shape index (κ2) is 6.29. The molecule has 0 bridgehead atoms. The molecule has 4 rings (SSSR count). The quantitative estimate of drug-likeness (QED) is 0.881. The van der Waals surface area contributed by atoms with Crippen LogP contribution >= 0.6 is 11.3 Å². The third kappa shape index (κ3) is 2.78. The monoisotopic (exact) mass is 347 g/mol. The minimum absolute atomic E-state index is 0.0981. The van der Waals surface area contributed by atoms with Crippen LogP contribution in [0, 0.1) is 0 Å². The van der Waals surface area contributed by atoms with Crippen molar-refractivity contribution < 1.29 is 19.4 Å². The number of nitrogens with zero attached hydrogens (tertiary/aromatic N) is 2. The van der Waals surface area contributed by atoms with E-state index in [9.17, 15) is 9.90 Å². The second-order valence-electron chi connectivity index (χ2n) is 5.70. The molecule has 0 spiro atoms. The predicted octanol–water partition coefficient (Wildman–Crippen LogP) is 2.09. The van der Waals surface area contributed by atoms with Gasteiger partial charge in [-0.3, -0.25) is 4.79 Å². The Balaban J connectivity index is 1.47. The molecule has 1 aromatic carbocycles. The van der Waals surface area contributed by atoms with E-state index in [4.69, 9.17) is 9.47 Å². The van der Waals surface area contributed by atoms with E-state index < -0.39 is 0 Å². The van der Waals surface area contributed by atoms with Crippen LogP contribution in [0.1, 0.15) is 22.5 Å². The number of aromatic nitrogens is 1. The Kier molecular flexibility index (Phi) is 3.99. The Labute approximate surface area is 142 Å². The maximum absolute atomic E-state index is 12.4. The minimum atomic E-state index is -0.211. The molecule has 1 atom stereocenters. The van der Waals surface area contributed by atoms with E-state index in [-0.39, 0.29) is 25.3 Å². The molecule has 0 saturated carbocycles. The summed E-state index contributed by atoms with van der Waals surface area (Å²) >= 11 is 1.34. The maximum atomic E-state index is 12.4. The van der Waals surface area contributed by atoms with Gasteiger partial charge in [0.25, 0.3) is 5.91 Å². The number of benzene rings is 1. The second-order valence-corrected chi connectivity index (χ2v) is 6.71. The standard InChI is InChI=1S/C16H17N3O4S/c20-8-11-2-1-5-19(11)16-17-7-14(24-16)15(21)18-10-3-4-12-13(6-10)23-9-22-12/h3-4,6-7,11,20H,1-2,5,8-9H2,(H,18,21). The Morgan fingerprint density at radius 2 is 2.29 bits per heavy atom. The normalized spacial score (nSPS) is 18.9. The zero-order chi connectivity index (χ0) is 16.5. The molecule has 1 saturated heterocycles. The molecule has 2 N–H and O–H groups in total. The van der Waals surface area contributed by atoms with Crippen molar-refractivity contribution >= 4 is 28.1 Å². The van der Waals surface area contributed by atoms with Crippen molar-refractivity contribution in [2.45, 2.75) is 18.9 Å². The molecule has 2 aliphatic heterocycles. The van der Waals surface area contributed by atoms with Gasteiger partial charge in [0, 0.05) is 18.3 Å².